The van der Waals surface area contributed by atoms with E-state index >= 15 is 0 Å². The quantitative estimate of drug-likeness (QED) is 0.822. The van der Waals surface area contributed by atoms with Gasteiger partial charge in [-0.25, -0.2) is 0 Å². The first-order valence-corrected chi connectivity index (χ1v) is 6.24. The summed E-state index contributed by atoms with van der Waals surface area (Å²) in [5.74, 6) is 0.801. The average molecular weight is 218 g/mol. The van der Waals surface area contributed by atoms with Gasteiger partial charge in [-0.05, 0) is 48.3 Å². The molecule has 1 N–H and O–H groups in total. The Bertz CT molecular complexity index is 354. The van der Waals surface area contributed by atoms with Crippen molar-refractivity contribution in [2.45, 2.75) is 40.2 Å². The highest BCUT2D eigenvalue weighted by atomic mass is 14.9. The van der Waals surface area contributed by atoms with Gasteiger partial charge in [0.15, 0.2) is 0 Å². The number of hydrogen-bond acceptors (Lipinski definition) is 2. The highest BCUT2D eigenvalue weighted by molar-refractivity contribution is 5.21. The maximum absolute atomic E-state index is 4.17. The molecule has 1 heterocycles. The van der Waals surface area contributed by atoms with Gasteiger partial charge in [0.1, 0.15) is 0 Å². The van der Waals surface area contributed by atoms with Crippen molar-refractivity contribution in [1.29, 1.82) is 0 Å². The van der Waals surface area contributed by atoms with Crippen molar-refractivity contribution in [3.63, 3.8) is 0 Å². The van der Waals surface area contributed by atoms with E-state index in [9.17, 15) is 0 Å². The lowest BCUT2D eigenvalue weighted by Gasteiger charge is -2.20. The summed E-state index contributed by atoms with van der Waals surface area (Å²) in [6.07, 6.45) is 6.61. The van der Waals surface area contributed by atoms with Crippen molar-refractivity contribution in [3.05, 3.63) is 29.6 Å². The van der Waals surface area contributed by atoms with Gasteiger partial charge in [-0.15, -0.1) is 0 Å². The maximum Gasteiger partial charge on any atom is 0.0315 e. The van der Waals surface area contributed by atoms with E-state index in [-0.39, 0.29) is 0 Å². The fraction of sp³-hybridized carbons (Fsp3) is 0.643. The van der Waals surface area contributed by atoms with Gasteiger partial charge in [-0.3, -0.25) is 4.98 Å². The lowest BCUT2D eigenvalue weighted by molar-refractivity contribution is 0.337. The van der Waals surface area contributed by atoms with Crippen molar-refractivity contribution in [3.8, 4) is 0 Å². The Morgan fingerprint density at radius 3 is 2.75 bits per heavy atom. The molecule has 88 valence electrons. The van der Waals surface area contributed by atoms with E-state index in [1.165, 1.54) is 24.0 Å². The third-order valence-electron chi connectivity index (χ3n) is 4.06. The Morgan fingerprint density at radius 2 is 2.19 bits per heavy atom. The van der Waals surface area contributed by atoms with Crippen molar-refractivity contribution in [2.75, 3.05) is 6.54 Å². The molecule has 0 unspecified atom stereocenters. The molecule has 1 aliphatic rings. The fourth-order valence-corrected chi connectivity index (χ4v) is 2.25. The van der Waals surface area contributed by atoms with E-state index in [1.807, 2.05) is 12.4 Å². The molecule has 1 aliphatic carbocycles. The SMILES string of the molecule is Cc1ccncc1CNCC1(C(C)C)CC1. The van der Waals surface area contributed by atoms with Gasteiger partial charge < -0.3 is 5.32 Å². The Labute approximate surface area is 98.5 Å². The van der Waals surface area contributed by atoms with Gasteiger partial charge in [0.25, 0.3) is 0 Å². The van der Waals surface area contributed by atoms with Crippen LogP contribution < -0.4 is 5.32 Å². The lowest BCUT2D eigenvalue weighted by atomic mass is 9.92. The summed E-state index contributed by atoms with van der Waals surface area (Å²) in [6.45, 7) is 8.93. The number of nitrogens with zero attached hydrogens (tertiary/aromatic N) is 1. The minimum Gasteiger partial charge on any atom is -0.312 e. The van der Waals surface area contributed by atoms with Crippen LogP contribution in [0, 0.1) is 18.3 Å². The standard InChI is InChI=1S/C14H22N2/c1-11(2)14(5-6-14)10-16-9-13-8-15-7-4-12(13)3/h4,7-8,11,16H,5-6,9-10H2,1-3H3. The van der Waals surface area contributed by atoms with E-state index in [2.05, 4.69) is 37.1 Å². The zero-order valence-electron chi connectivity index (χ0n) is 10.6. The molecule has 0 aliphatic heterocycles. The largest absolute Gasteiger partial charge is 0.312 e. The summed E-state index contributed by atoms with van der Waals surface area (Å²) in [6, 6.07) is 2.08. The molecule has 2 rings (SSSR count). The average Bonchev–Trinajstić information content (AvgIpc) is 3.02. The number of aromatic nitrogens is 1. The third-order valence-corrected chi connectivity index (χ3v) is 4.06. The molecule has 0 atom stereocenters. The highest BCUT2D eigenvalue weighted by Gasteiger charge is 2.44. The second-order valence-electron chi connectivity index (χ2n) is 5.42. The summed E-state index contributed by atoms with van der Waals surface area (Å²) < 4.78 is 0. The molecule has 0 aromatic carbocycles. The van der Waals surface area contributed by atoms with Gasteiger partial charge in [0.2, 0.25) is 0 Å². The fourth-order valence-electron chi connectivity index (χ4n) is 2.25. The first-order valence-electron chi connectivity index (χ1n) is 6.24. The molecule has 2 nitrogen and oxygen atoms in total. The predicted molar refractivity (Wildman–Crippen MR) is 67.2 cm³/mol. The van der Waals surface area contributed by atoms with Crippen molar-refractivity contribution in [1.82, 2.24) is 10.3 Å². The topological polar surface area (TPSA) is 24.9 Å². The predicted octanol–water partition coefficient (Wildman–Crippen LogP) is 2.92. The van der Waals surface area contributed by atoms with Crippen LogP contribution in [0.5, 0.6) is 0 Å². The van der Waals surface area contributed by atoms with Crippen molar-refractivity contribution >= 4 is 0 Å². The smallest absolute Gasteiger partial charge is 0.0315 e. The highest BCUT2D eigenvalue weighted by Crippen LogP contribution is 2.51. The van der Waals surface area contributed by atoms with Crippen LogP contribution in [-0.4, -0.2) is 11.5 Å². The number of aryl methyl sites for hydroxylation is 1. The number of hydrogen-bond donors (Lipinski definition) is 1. The van der Waals surface area contributed by atoms with Crippen LogP contribution in [0.4, 0.5) is 0 Å². The number of rotatable bonds is 5. The summed E-state index contributed by atoms with van der Waals surface area (Å²) in [7, 11) is 0. The Kier molecular flexibility index (Phi) is 3.29. The molecular weight excluding hydrogens is 196 g/mol. The van der Waals surface area contributed by atoms with Crippen LogP contribution in [-0.2, 0) is 6.54 Å². The normalized spacial score (nSPS) is 17.8. The first kappa shape index (κ1) is 11.6. The van der Waals surface area contributed by atoms with E-state index in [4.69, 9.17) is 0 Å². The van der Waals surface area contributed by atoms with Gasteiger partial charge in [-0.1, -0.05) is 13.8 Å². The Balaban J connectivity index is 1.83. The van der Waals surface area contributed by atoms with Crippen LogP contribution in [0.1, 0.15) is 37.8 Å². The van der Waals surface area contributed by atoms with Crippen molar-refractivity contribution in [2.24, 2.45) is 11.3 Å². The van der Waals surface area contributed by atoms with Gasteiger partial charge in [0, 0.05) is 25.5 Å². The Morgan fingerprint density at radius 1 is 1.44 bits per heavy atom. The molecule has 0 spiro atoms. The molecule has 0 amide bonds. The van der Waals surface area contributed by atoms with Gasteiger partial charge in [-0.2, -0.15) is 0 Å². The maximum atomic E-state index is 4.17. The van der Waals surface area contributed by atoms with Gasteiger partial charge in [0.05, 0.1) is 0 Å². The summed E-state index contributed by atoms with van der Waals surface area (Å²) in [5, 5.41) is 3.59. The molecule has 0 radical (unpaired) electrons. The van der Waals surface area contributed by atoms with Crippen LogP contribution >= 0.6 is 0 Å². The first-order chi connectivity index (χ1) is 7.64. The molecule has 1 aromatic rings. The number of pyridine rings is 1. The van der Waals surface area contributed by atoms with Crippen LogP contribution in [0.25, 0.3) is 0 Å². The van der Waals surface area contributed by atoms with Crippen LogP contribution in [0.3, 0.4) is 0 Å². The molecule has 1 fully saturated rings. The molecular formula is C14H22N2. The minimum absolute atomic E-state index is 0.593. The zero-order chi connectivity index (χ0) is 11.6. The summed E-state index contributed by atoms with van der Waals surface area (Å²) >= 11 is 0. The van der Waals surface area contributed by atoms with Gasteiger partial charge >= 0.3 is 0 Å². The molecule has 1 saturated carbocycles. The molecule has 1 aromatic heterocycles. The minimum atomic E-state index is 0.593. The lowest BCUT2D eigenvalue weighted by Crippen LogP contribution is -2.27. The second-order valence-corrected chi connectivity index (χ2v) is 5.42. The molecule has 0 bridgehead atoms. The van der Waals surface area contributed by atoms with Crippen molar-refractivity contribution < 1.29 is 0 Å². The molecule has 16 heavy (non-hydrogen) atoms. The second kappa shape index (κ2) is 4.54. The summed E-state index contributed by atoms with van der Waals surface area (Å²) in [5.41, 5.74) is 3.25. The monoisotopic (exact) mass is 218 g/mol. The van der Waals surface area contributed by atoms with E-state index in [0.29, 0.717) is 5.41 Å². The number of nitrogens with one attached hydrogen (secondary N) is 1. The molecule has 2 heteroatoms. The van der Waals surface area contributed by atoms with Crippen LogP contribution in [0.15, 0.2) is 18.5 Å². The third kappa shape index (κ3) is 2.43. The van der Waals surface area contributed by atoms with E-state index in [1.54, 1.807) is 0 Å². The summed E-state index contributed by atoms with van der Waals surface area (Å²) in [4.78, 5) is 4.17. The molecule has 0 saturated heterocycles. The van der Waals surface area contributed by atoms with E-state index < -0.39 is 0 Å². The zero-order valence-corrected chi connectivity index (χ0v) is 10.6. The Hall–Kier alpha value is -0.890. The van der Waals surface area contributed by atoms with Crippen LogP contribution in [0.2, 0.25) is 0 Å². The van der Waals surface area contributed by atoms with E-state index in [0.717, 1.165) is 19.0 Å².